The van der Waals surface area contributed by atoms with Gasteiger partial charge in [0, 0.05) is 35.8 Å². The lowest BCUT2D eigenvalue weighted by molar-refractivity contribution is -0.161. The first-order valence-electron chi connectivity index (χ1n) is 22.0. The number of carbonyl (C=O) groups excluding carboxylic acids is 4. The average Bonchev–Trinajstić information content (AvgIpc) is 4.04. The predicted molar refractivity (Wildman–Crippen MR) is 224 cm³/mol. The Morgan fingerprint density at radius 1 is 1.02 bits per heavy atom. The Hall–Kier alpha value is -4.79. The third kappa shape index (κ3) is 8.70. The molecule has 2 saturated carbocycles. The van der Waals surface area contributed by atoms with Gasteiger partial charge in [0.2, 0.25) is 21.8 Å². The lowest BCUT2D eigenvalue weighted by atomic mass is 9.81. The van der Waals surface area contributed by atoms with Crippen LogP contribution in [0, 0.1) is 11.8 Å². The first kappa shape index (κ1) is 46.7. The van der Waals surface area contributed by atoms with Gasteiger partial charge in [-0.2, -0.15) is 13.2 Å². The van der Waals surface area contributed by atoms with Crippen LogP contribution in [0.25, 0.3) is 10.9 Å². The fourth-order valence-electron chi connectivity index (χ4n) is 9.95. The maximum absolute atomic E-state index is 15.2. The van der Waals surface area contributed by atoms with E-state index in [1.54, 1.807) is 33.8 Å². The van der Waals surface area contributed by atoms with Crippen molar-refractivity contribution in [1.29, 1.82) is 0 Å². The zero-order valence-electron chi connectivity index (χ0n) is 37.1. The summed E-state index contributed by atoms with van der Waals surface area (Å²) < 4.78 is 120. The van der Waals surface area contributed by atoms with Gasteiger partial charge in [0.1, 0.15) is 34.6 Å². The fourth-order valence-corrected chi connectivity index (χ4v) is 11.3. The van der Waals surface area contributed by atoms with Crippen molar-refractivity contribution >= 4 is 44.7 Å². The number of nitrogens with one attached hydrogen (secondary N) is 3. The van der Waals surface area contributed by atoms with Crippen LogP contribution in [0.4, 0.5) is 26.7 Å². The fraction of sp³-hybridized carbons (Fsp3) is 0.659. The largest absolute Gasteiger partial charge is 0.497 e. The summed E-state index contributed by atoms with van der Waals surface area (Å²) in [5, 5.41) is 5.59. The summed E-state index contributed by atoms with van der Waals surface area (Å²) >= 11 is 0. The number of ether oxygens (including phenoxy) is 3. The van der Waals surface area contributed by atoms with E-state index in [1.165, 1.54) is 37.1 Å². The van der Waals surface area contributed by atoms with Crippen LogP contribution in [0.15, 0.2) is 30.4 Å². The van der Waals surface area contributed by atoms with E-state index in [-0.39, 0.29) is 35.1 Å². The molecule has 2 aliphatic carbocycles. The number of alkyl halides is 5. The molecule has 21 heteroatoms. The van der Waals surface area contributed by atoms with Crippen molar-refractivity contribution in [3.05, 3.63) is 41.6 Å². The highest BCUT2D eigenvalue weighted by molar-refractivity contribution is 7.91. The molecular weight excluding hydrogens is 884 g/mol. The van der Waals surface area contributed by atoms with Gasteiger partial charge in [-0.1, -0.05) is 31.9 Å². The maximum atomic E-state index is 15.2. The first-order chi connectivity index (χ1) is 30.2. The highest BCUT2D eigenvalue weighted by Gasteiger charge is 2.69. The molecule has 7 atom stereocenters. The van der Waals surface area contributed by atoms with Gasteiger partial charge < -0.3 is 29.7 Å². The predicted octanol–water partition coefficient (Wildman–Crippen LogP) is 5.91. The number of nitrogens with zero attached hydrogens (tertiary/aromatic N) is 3. The minimum Gasteiger partial charge on any atom is -0.497 e. The molecule has 1 aromatic heterocycles. The molecule has 1 aromatic carbocycles. The van der Waals surface area contributed by atoms with E-state index in [4.69, 9.17) is 14.2 Å². The quantitative estimate of drug-likeness (QED) is 0.231. The van der Waals surface area contributed by atoms with Gasteiger partial charge in [0.05, 0.1) is 37.0 Å². The van der Waals surface area contributed by atoms with Crippen LogP contribution in [-0.2, 0) is 35.3 Å². The minimum atomic E-state index is -5.12. The van der Waals surface area contributed by atoms with E-state index >= 15 is 22.8 Å². The monoisotopic (exact) mass is 938 g/mol. The molecule has 6 aliphatic rings. The van der Waals surface area contributed by atoms with Gasteiger partial charge in [-0.3, -0.25) is 24.0 Å². The number of fused-ring (bicyclic) bond motifs is 5. The van der Waals surface area contributed by atoms with Crippen molar-refractivity contribution < 1.29 is 63.8 Å². The summed E-state index contributed by atoms with van der Waals surface area (Å²) in [4.78, 5) is 64.0. The number of alkyl carbamates (subject to hydrolysis) is 1. The number of carbonyl (C=O) groups is 4. The highest BCUT2D eigenvalue weighted by Crippen LogP contribution is 2.56. The molecule has 15 nitrogen and oxygen atoms in total. The van der Waals surface area contributed by atoms with Crippen molar-refractivity contribution in [3.63, 3.8) is 0 Å². The molecule has 3 N–H and O–H groups in total. The number of rotatable bonds is 6. The van der Waals surface area contributed by atoms with E-state index in [1.807, 2.05) is 6.08 Å². The first-order valence-corrected chi connectivity index (χ1v) is 23.5. The van der Waals surface area contributed by atoms with E-state index in [0.717, 1.165) is 4.90 Å². The van der Waals surface area contributed by atoms with Crippen molar-refractivity contribution in [2.45, 2.75) is 144 Å². The number of amides is 4. The molecule has 356 valence electrons. The van der Waals surface area contributed by atoms with Crippen molar-refractivity contribution in [2.24, 2.45) is 11.8 Å². The molecule has 4 fully saturated rings. The number of hydrogen-bond donors (Lipinski definition) is 3. The molecular formula is C44H55F5N6O9S. The molecule has 4 amide bonds. The molecule has 2 aromatic rings. The SMILES string of the molecule is COc1ccc2nc(C(F)(F)F)c3c(c2c1)C(N1CC(F)(F)C1)C[C@]1(C[C@H]2C(=O)NC4(C(=O)NS(=O)(=O)C5(C)CC5)C(C)[C@H]4/C=C\CCCCC[C@H](NC(=O)OC(C)(C)C)C(=O)N2C1)O3. The summed E-state index contributed by atoms with van der Waals surface area (Å²) in [7, 11) is -2.84. The Morgan fingerprint density at radius 3 is 2.34 bits per heavy atom. The molecule has 0 bridgehead atoms. The molecule has 3 unspecified atom stereocenters. The number of aromatic nitrogens is 1. The number of likely N-dealkylation sites (tertiary alicyclic amines) is 1. The van der Waals surface area contributed by atoms with Gasteiger partial charge in [-0.05, 0) is 83.9 Å². The Bertz CT molecular complexity index is 2430. The number of benzene rings is 1. The second kappa shape index (κ2) is 15.9. The third-order valence-corrected chi connectivity index (χ3v) is 16.0. The highest BCUT2D eigenvalue weighted by atomic mass is 32.2. The van der Waals surface area contributed by atoms with Crippen LogP contribution in [-0.4, -0.2) is 113 Å². The molecule has 2 saturated heterocycles. The summed E-state index contributed by atoms with van der Waals surface area (Å²) in [5.41, 5.74) is -6.24. The second-order valence-corrected chi connectivity index (χ2v) is 22.1. The summed E-state index contributed by atoms with van der Waals surface area (Å²) in [5.74, 6) is -7.69. The van der Waals surface area contributed by atoms with Gasteiger partial charge in [-0.15, -0.1) is 0 Å². The second-order valence-electron chi connectivity index (χ2n) is 19.9. The minimum absolute atomic E-state index is 0.0605. The van der Waals surface area contributed by atoms with Crippen LogP contribution in [0.1, 0.15) is 110 Å². The van der Waals surface area contributed by atoms with Crippen LogP contribution >= 0.6 is 0 Å². The molecule has 8 rings (SSSR count). The number of allylic oxidation sites excluding steroid dienone is 1. The van der Waals surface area contributed by atoms with Crippen LogP contribution in [0.3, 0.4) is 0 Å². The average molecular weight is 939 g/mol. The molecule has 4 aliphatic heterocycles. The lowest BCUT2D eigenvalue weighted by Gasteiger charge is -2.50. The van der Waals surface area contributed by atoms with Crippen LogP contribution < -0.4 is 24.8 Å². The normalized spacial score (nSPS) is 31.7. The van der Waals surface area contributed by atoms with E-state index in [2.05, 4.69) is 20.3 Å². The number of hydrogen-bond acceptors (Lipinski definition) is 11. The van der Waals surface area contributed by atoms with Gasteiger partial charge in [-0.25, -0.2) is 27.0 Å². The Labute approximate surface area is 373 Å². The van der Waals surface area contributed by atoms with Crippen molar-refractivity contribution in [2.75, 3.05) is 26.7 Å². The zero-order valence-corrected chi connectivity index (χ0v) is 37.9. The standard InChI is InChI=1S/C44H55F5N6O9S/c1-24-27-12-10-8-7-9-11-13-29(51-38(59)64-39(2,3)4)36(57)55-21-41(20-31(55)35(56)52-43(24,27)37(58)53-65(60,61)40(5)16-17-40)19-30(54-22-42(45,46)23-54)32-26-18-25(62-6)14-15-28(26)50-34(33(32)63-41)44(47,48)49/h10,12,14-15,18,24,27,29-31H,7-9,11,13,16-17,19-23H2,1-6H3,(H,51,59)(H,52,56)(H,53,58)/b12-10-/t24?,27-,29+,30?,31+,41-,43?/m1/s1. The van der Waals surface area contributed by atoms with Crippen LogP contribution in [0.5, 0.6) is 11.5 Å². The van der Waals surface area contributed by atoms with Gasteiger partial charge >= 0.3 is 12.3 Å². The van der Waals surface area contributed by atoms with Crippen molar-refractivity contribution in [3.8, 4) is 11.5 Å². The topological polar surface area (TPSA) is 186 Å². The van der Waals surface area contributed by atoms with Crippen LogP contribution in [0.2, 0.25) is 0 Å². The number of sulfonamides is 1. The number of methoxy groups -OCH3 is 1. The molecule has 65 heavy (non-hydrogen) atoms. The van der Waals surface area contributed by atoms with E-state index in [0.29, 0.717) is 38.5 Å². The van der Waals surface area contributed by atoms with E-state index < -0.39 is 135 Å². The Kier molecular flexibility index (Phi) is 11.5. The van der Waals surface area contributed by atoms with Crippen molar-refractivity contribution in [1.82, 2.24) is 30.1 Å². The summed E-state index contributed by atoms with van der Waals surface area (Å²) in [6.45, 7) is 5.90. The van der Waals surface area contributed by atoms with Gasteiger partial charge in [0.15, 0.2) is 11.4 Å². The zero-order chi connectivity index (χ0) is 47.3. The van der Waals surface area contributed by atoms with E-state index in [9.17, 15) is 26.8 Å². The van der Waals surface area contributed by atoms with Gasteiger partial charge in [0.25, 0.3) is 11.8 Å². The third-order valence-electron chi connectivity index (χ3n) is 13.9. The summed E-state index contributed by atoms with van der Waals surface area (Å²) in [6, 6.07) is 0.129. The number of pyridine rings is 1. The maximum Gasteiger partial charge on any atom is 0.437 e. The summed E-state index contributed by atoms with van der Waals surface area (Å²) in [6.07, 6.45) is -0.303. The smallest absolute Gasteiger partial charge is 0.437 e. The lowest BCUT2D eigenvalue weighted by Crippen LogP contribution is -2.60. The Morgan fingerprint density at radius 2 is 1.71 bits per heavy atom. The molecule has 1 spiro atoms. The molecule has 0 radical (unpaired) electrons. The molecule has 5 heterocycles. The number of halogens is 5. The Balaban J connectivity index is 1.24.